The number of rotatable bonds is 1. The van der Waals surface area contributed by atoms with Crippen molar-refractivity contribution in [2.24, 2.45) is 0 Å². The number of hydrogen-bond donors (Lipinski definition) is 3. The summed E-state index contributed by atoms with van der Waals surface area (Å²) in [6.07, 6.45) is 0. The largest absolute Gasteiger partial charge is 0.508 e. The highest BCUT2D eigenvalue weighted by Crippen LogP contribution is 2.37. The molecule has 0 unspecified atom stereocenters. The lowest BCUT2D eigenvalue weighted by Crippen LogP contribution is -1.89. The first-order valence-electron chi connectivity index (χ1n) is 5.31. The van der Waals surface area contributed by atoms with Gasteiger partial charge in [-0.1, -0.05) is 0 Å². The fourth-order valence-corrected chi connectivity index (χ4v) is 2.09. The molecule has 0 amide bonds. The van der Waals surface area contributed by atoms with E-state index in [9.17, 15) is 15.3 Å². The third kappa shape index (κ3) is 2.04. The molecule has 0 fully saturated rings. The minimum atomic E-state index is 0.102. The summed E-state index contributed by atoms with van der Waals surface area (Å²) in [7, 11) is 0. The normalized spacial score (nSPS) is 10.5. The number of phenols is 3. The van der Waals surface area contributed by atoms with Gasteiger partial charge in [-0.05, 0) is 60.9 Å². The van der Waals surface area contributed by atoms with Gasteiger partial charge in [0.1, 0.15) is 17.2 Å². The predicted molar refractivity (Wildman–Crippen MR) is 66.3 cm³/mol. The third-order valence-electron chi connectivity index (χ3n) is 2.77. The highest BCUT2D eigenvalue weighted by atomic mass is 16.3. The Hall–Kier alpha value is -2.16. The molecule has 0 atom stereocenters. The van der Waals surface area contributed by atoms with Gasteiger partial charge in [-0.2, -0.15) is 0 Å². The molecule has 0 aliphatic rings. The summed E-state index contributed by atoms with van der Waals surface area (Å²) < 4.78 is 0. The second-order valence-electron chi connectivity index (χ2n) is 4.16. The Morgan fingerprint density at radius 3 is 1.94 bits per heavy atom. The monoisotopic (exact) mass is 230 g/mol. The van der Waals surface area contributed by atoms with Crippen LogP contribution in [0.5, 0.6) is 17.2 Å². The lowest BCUT2D eigenvalue weighted by atomic mass is 9.94. The lowest BCUT2D eigenvalue weighted by Gasteiger charge is -2.12. The quantitative estimate of drug-likeness (QED) is 0.660. The van der Waals surface area contributed by atoms with E-state index >= 15 is 0 Å². The van der Waals surface area contributed by atoms with Crippen molar-refractivity contribution in [3.8, 4) is 28.4 Å². The standard InChI is InChI=1S/C14H14O3/c1-8-5-11(16)6-9(2)14(8)12-7-10(15)3-4-13(12)17/h3-7,15-17H,1-2H3. The Kier molecular flexibility index (Phi) is 2.68. The number of aryl methyl sites for hydroxylation is 2. The van der Waals surface area contributed by atoms with Gasteiger partial charge in [0, 0.05) is 5.56 Å². The highest BCUT2D eigenvalue weighted by Gasteiger charge is 2.12. The molecule has 3 nitrogen and oxygen atoms in total. The molecule has 88 valence electrons. The summed E-state index contributed by atoms with van der Waals surface area (Å²) in [5.41, 5.74) is 3.10. The Morgan fingerprint density at radius 2 is 1.35 bits per heavy atom. The molecule has 2 aromatic carbocycles. The minimum absolute atomic E-state index is 0.102. The average molecular weight is 230 g/mol. The first kappa shape index (κ1) is 11.3. The van der Waals surface area contributed by atoms with Crippen LogP contribution in [-0.4, -0.2) is 15.3 Å². The molecule has 0 heterocycles. The topological polar surface area (TPSA) is 60.7 Å². The highest BCUT2D eigenvalue weighted by molar-refractivity contribution is 5.77. The zero-order valence-corrected chi connectivity index (χ0v) is 9.73. The van der Waals surface area contributed by atoms with Gasteiger partial charge >= 0.3 is 0 Å². The summed E-state index contributed by atoms with van der Waals surface area (Å²) in [5, 5.41) is 28.8. The molecule has 0 saturated heterocycles. The number of benzene rings is 2. The van der Waals surface area contributed by atoms with E-state index in [-0.39, 0.29) is 17.2 Å². The maximum Gasteiger partial charge on any atom is 0.123 e. The predicted octanol–water partition coefficient (Wildman–Crippen LogP) is 3.09. The van der Waals surface area contributed by atoms with Crippen LogP contribution in [0.15, 0.2) is 30.3 Å². The van der Waals surface area contributed by atoms with Gasteiger partial charge in [-0.25, -0.2) is 0 Å². The SMILES string of the molecule is Cc1cc(O)cc(C)c1-c1cc(O)ccc1O. The van der Waals surface area contributed by atoms with E-state index in [4.69, 9.17) is 0 Å². The van der Waals surface area contributed by atoms with Gasteiger partial charge < -0.3 is 15.3 Å². The number of phenolic OH excluding ortho intramolecular Hbond substituents is 3. The first-order valence-corrected chi connectivity index (χ1v) is 5.31. The van der Waals surface area contributed by atoms with Gasteiger partial charge in [0.05, 0.1) is 0 Å². The maximum atomic E-state index is 9.83. The van der Waals surface area contributed by atoms with E-state index in [0.29, 0.717) is 5.56 Å². The summed E-state index contributed by atoms with van der Waals surface area (Å²) in [4.78, 5) is 0. The van der Waals surface area contributed by atoms with E-state index in [1.807, 2.05) is 13.8 Å². The smallest absolute Gasteiger partial charge is 0.123 e. The van der Waals surface area contributed by atoms with Gasteiger partial charge in [0.2, 0.25) is 0 Å². The molecule has 17 heavy (non-hydrogen) atoms. The Labute approximate surface area is 99.6 Å². The molecular formula is C14H14O3. The molecule has 0 saturated carbocycles. The lowest BCUT2D eigenvalue weighted by molar-refractivity contribution is 0.461. The molecule has 3 heteroatoms. The molecule has 0 radical (unpaired) electrons. The summed E-state index contributed by atoms with van der Waals surface area (Å²) in [6, 6.07) is 7.67. The van der Waals surface area contributed by atoms with Crippen molar-refractivity contribution >= 4 is 0 Å². The van der Waals surface area contributed by atoms with Crippen LogP contribution >= 0.6 is 0 Å². The van der Waals surface area contributed by atoms with Crippen LogP contribution < -0.4 is 0 Å². The molecular weight excluding hydrogens is 216 g/mol. The van der Waals surface area contributed by atoms with Crippen molar-refractivity contribution in [3.63, 3.8) is 0 Å². The van der Waals surface area contributed by atoms with Crippen LogP contribution in [-0.2, 0) is 0 Å². The van der Waals surface area contributed by atoms with Gasteiger partial charge in [-0.3, -0.25) is 0 Å². The zero-order valence-electron chi connectivity index (χ0n) is 9.73. The van der Waals surface area contributed by atoms with Crippen LogP contribution in [0.4, 0.5) is 0 Å². The Morgan fingerprint density at radius 1 is 0.765 bits per heavy atom. The second-order valence-corrected chi connectivity index (χ2v) is 4.16. The zero-order chi connectivity index (χ0) is 12.6. The minimum Gasteiger partial charge on any atom is -0.508 e. The molecule has 0 bridgehead atoms. The molecule has 2 rings (SSSR count). The van der Waals surface area contributed by atoms with Crippen molar-refractivity contribution in [3.05, 3.63) is 41.5 Å². The van der Waals surface area contributed by atoms with E-state index in [0.717, 1.165) is 16.7 Å². The molecule has 0 aromatic heterocycles. The van der Waals surface area contributed by atoms with Crippen molar-refractivity contribution in [1.29, 1.82) is 0 Å². The summed E-state index contributed by atoms with van der Waals surface area (Å²) in [5.74, 6) is 0.410. The van der Waals surface area contributed by atoms with Gasteiger partial charge in [0.15, 0.2) is 0 Å². The van der Waals surface area contributed by atoms with Crippen molar-refractivity contribution < 1.29 is 15.3 Å². The maximum absolute atomic E-state index is 9.83. The fourth-order valence-electron chi connectivity index (χ4n) is 2.09. The molecule has 3 N–H and O–H groups in total. The van der Waals surface area contributed by atoms with Crippen molar-refractivity contribution in [1.82, 2.24) is 0 Å². The van der Waals surface area contributed by atoms with Crippen LogP contribution in [0.2, 0.25) is 0 Å². The Balaban J connectivity index is 2.72. The van der Waals surface area contributed by atoms with E-state index < -0.39 is 0 Å². The molecule has 2 aromatic rings. The molecule has 0 aliphatic heterocycles. The second kappa shape index (κ2) is 4.01. The van der Waals surface area contributed by atoms with Gasteiger partial charge in [0.25, 0.3) is 0 Å². The Bertz CT molecular complexity index is 551. The fraction of sp³-hybridized carbons (Fsp3) is 0.143. The van der Waals surface area contributed by atoms with Crippen molar-refractivity contribution in [2.45, 2.75) is 13.8 Å². The molecule has 0 aliphatic carbocycles. The van der Waals surface area contributed by atoms with Crippen molar-refractivity contribution in [2.75, 3.05) is 0 Å². The van der Waals surface area contributed by atoms with Gasteiger partial charge in [-0.15, -0.1) is 0 Å². The van der Waals surface area contributed by atoms with Crippen LogP contribution in [0.1, 0.15) is 11.1 Å². The number of aromatic hydroxyl groups is 3. The van der Waals surface area contributed by atoms with E-state index in [1.165, 1.54) is 18.2 Å². The third-order valence-corrected chi connectivity index (χ3v) is 2.77. The summed E-state index contributed by atoms with van der Waals surface area (Å²) >= 11 is 0. The van der Waals surface area contributed by atoms with Crippen LogP contribution in [0.25, 0.3) is 11.1 Å². The van der Waals surface area contributed by atoms with Crippen LogP contribution in [0, 0.1) is 13.8 Å². The van der Waals surface area contributed by atoms with E-state index in [2.05, 4.69) is 0 Å². The first-order chi connectivity index (χ1) is 7.99. The van der Waals surface area contributed by atoms with E-state index in [1.54, 1.807) is 12.1 Å². The summed E-state index contributed by atoms with van der Waals surface area (Å²) in [6.45, 7) is 3.71. The van der Waals surface area contributed by atoms with Crippen LogP contribution in [0.3, 0.4) is 0 Å². The average Bonchev–Trinajstić information content (AvgIpc) is 2.21. The molecule has 0 spiro atoms. The number of hydrogen-bond acceptors (Lipinski definition) is 3.